The third-order valence-corrected chi connectivity index (χ3v) is 5.25. The van der Waals surface area contributed by atoms with E-state index in [0.29, 0.717) is 10.9 Å². The van der Waals surface area contributed by atoms with E-state index in [4.69, 9.17) is 17.0 Å². The monoisotopic (exact) mass is 365 g/mol. The smallest absolute Gasteiger partial charge is 0.195 e. The summed E-state index contributed by atoms with van der Waals surface area (Å²) < 4.78 is 8.77. The fourth-order valence-corrected chi connectivity index (χ4v) is 3.74. The molecule has 1 fully saturated rings. The SMILES string of the molecule is S=c1[nH]nc(-c2ccc(OC3CCCC3)cc2)n1CCc1ccccc1. The molecule has 0 unspecified atom stereocenters. The van der Waals surface area contributed by atoms with E-state index in [1.54, 1.807) is 0 Å². The van der Waals surface area contributed by atoms with Crippen molar-refractivity contribution < 1.29 is 4.74 Å². The number of benzene rings is 2. The Balaban J connectivity index is 1.49. The molecule has 1 heterocycles. The predicted molar refractivity (Wildman–Crippen MR) is 106 cm³/mol. The highest BCUT2D eigenvalue weighted by Gasteiger charge is 2.16. The lowest BCUT2D eigenvalue weighted by atomic mass is 10.1. The van der Waals surface area contributed by atoms with Gasteiger partial charge in [-0.25, -0.2) is 0 Å². The molecule has 0 aliphatic heterocycles. The van der Waals surface area contributed by atoms with Gasteiger partial charge in [0.2, 0.25) is 0 Å². The molecule has 0 atom stereocenters. The first-order chi connectivity index (χ1) is 12.8. The van der Waals surface area contributed by atoms with Crippen LogP contribution < -0.4 is 4.74 Å². The van der Waals surface area contributed by atoms with Gasteiger partial charge in [-0.05, 0) is 74.2 Å². The van der Waals surface area contributed by atoms with E-state index in [9.17, 15) is 0 Å². The van der Waals surface area contributed by atoms with Crippen molar-refractivity contribution in [2.45, 2.75) is 44.8 Å². The van der Waals surface area contributed by atoms with E-state index in [1.807, 2.05) is 18.2 Å². The largest absolute Gasteiger partial charge is 0.490 e. The van der Waals surface area contributed by atoms with E-state index in [1.165, 1.54) is 31.2 Å². The van der Waals surface area contributed by atoms with Crippen molar-refractivity contribution in [3.05, 3.63) is 64.9 Å². The van der Waals surface area contributed by atoms with Crippen LogP contribution in [0.15, 0.2) is 54.6 Å². The third-order valence-electron chi connectivity index (χ3n) is 4.94. The molecule has 1 aliphatic rings. The zero-order valence-corrected chi connectivity index (χ0v) is 15.5. The summed E-state index contributed by atoms with van der Waals surface area (Å²) in [5.74, 6) is 1.81. The Labute approximate surface area is 158 Å². The number of aromatic amines is 1. The molecule has 5 heteroatoms. The summed E-state index contributed by atoms with van der Waals surface area (Å²) in [5.41, 5.74) is 2.34. The van der Waals surface area contributed by atoms with Crippen LogP contribution in [0.4, 0.5) is 0 Å². The molecule has 4 nitrogen and oxygen atoms in total. The minimum absolute atomic E-state index is 0.376. The number of ether oxygens (including phenoxy) is 1. The number of hydrogen-bond acceptors (Lipinski definition) is 3. The standard InChI is InChI=1S/C21H23N3OS/c26-21-23-22-20(24(21)15-14-16-6-2-1-3-7-16)17-10-12-19(13-11-17)25-18-8-4-5-9-18/h1-3,6-7,10-13,18H,4-5,8-9,14-15H2,(H,23,26). The molecule has 134 valence electrons. The highest BCUT2D eigenvalue weighted by Crippen LogP contribution is 2.26. The summed E-state index contributed by atoms with van der Waals surface area (Å²) in [6.45, 7) is 0.801. The fraction of sp³-hybridized carbons (Fsp3) is 0.333. The molecule has 2 aromatic carbocycles. The first-order valence-corrected chi connectivity index (χ1v) is 9.66. The molecule has 1 saturated carbocycles. The first kappa shape index (κ1) is 17.0. The lowest BCUT2D eigenvalue weighted by Crippen LogP contribution is -2.10. The van der Waals surface area contributed by atoms with Crippen LogP contribution in [0.2, 0.25) is 0 Å². The predicted octanol–water partition coefficient (Wildman–Crippen LogP) is 5.17. The Morgan fingerprint density at radius 1 is 1.04 bits per heavy atom. The molecular weight excluding hydrogens is 342 g/mol. The zero-order valence-electron chi connectivity index (χ0n) is 14.7. The highest BCUT2D eigenvalue weighted by atomic mass is 32.1. The average Bonchev–Trinajstić information content (AvgIpc) is 3.31. The molecule has 0 bridgehead atoms. The highest BCUT2D eigenvalue weighted by molar-refractivity contribution is 7.71. The van der Waals surface area contributed by atoms with Crippen LogP contribution in [0.25, 0.3) is 11.4 Å². The number of nitrogens with one attached hydrogen (secondary N) is 1. The van der Waals surface area contributed by atoms with Gasteiger partial charge < -0.3 is 4.74 Å². The maximum Gasteiger partial charge on any atom is 0.195 e. The minimum atomic E-state index is 0.376. The van der Waals surface area contributed by atoms with Crippen LogP contribution in [-0.2, 0) is 13.0 Å². The van der Waals surface area contributed by atoms with Gasteiger partial charge in [0.25, 0.3) is 0 Å². The van der Waals surface area contributed by atoms with Gasteiger partial charge in [-0.1, -0.05) is 30.3 Å². The summed E-state index contributed by atoms with van der Waals surface area (Å²) in [6, 6.07) is 18.6. The Morgan fingerprint density at radius 2 is 1.77 bits per heavy atom. The van der Waals surface area contributed by atoms with E-state index in [2.05, 4.69) is 51.2 Å². The molecule has 3 aromatic rings. The second-order valence-corrected chi connectivity index (χ2v) is 7.17. The lowest BCUT2D eigenvalue weighted by molar-refractivity contribution is 0.210. The second-order valence-electron chi connectivity index (χ2n) is 6.79. The lowest BCUT2D eigenvalue weighted by Gasteiger charge is -2.13. The number of aromatic nitrogens is 3. The second kappa shape index (κ2) is 7.87. The van der Waals surface area contributed by atoms with Crippen LogP contribution in [0.5, 0.6) is 5.75 Å². The van der Waals surface area contributed by atoms with Gasteiger partial charge in [-0.2, -0.15) is 5.10 Å². The van der Waals surface area contributed by atoms with Crippen LogP contribution >= 0.6 is 12.2 Å². The van der Waals surface area contributed by atoms with E-state index < -0.39 is 0 Å². The van der Waals surface area contributed by atoms with Crippen molar-refractivity contribution in [1.82, 2.24) is 14.8 Å². The van der Waals surface area contributed by atoms with Crippen LogP contribution in [-0.4, -0.2) is 20.9 Å². The molecule has 0 radical (unpaired) electrons. The Kier molecular flexibility index (Phi) is 5.16. The van der Waals surface area contributed by atoms with Gasteiger partial charge in [-0.3, -0.25) is 9.67 Å². The third kappa shape index (κ3) is 3.88. The molecule has 0 spiro atoms. The maximum absolute atomic E-state index is 6.05. The van der Waals surface area contributed by atoms with Crippen molar-refractivity contribution in [3.8, 4) is 17.1 Å². The summed E-state index contributed by atoms with van der Waals surface area (Å²) >= 11 is 5.43. The van der Waals surface area contributed by atoms with Crippen molar-refractivity contribution >= 4 is 12.2 Å². The fourth-order valence-electron chi connectivity index (χ4n) is 3.51. The summed E-state index contributed by atoms with van der Waals surface area (Å²) in [5, 5.41) is 7.37. The van der Waals surface area contributed by atoms with Crippen molar-refractivity contribution in [3.63, 3.8) is 0 Å². The molecule has 0 amide bonds. The molecule has 1 aromatic heterocycles. The number of hydrogen-bond donors (Lipinski definition) is 1. The van der Waals surface area contributed by atoms with Crippen molar-refractivity contribution in [2.24, 2.45) is 0 Å². The van der Waals surface area contributed by atoms with Gasteiger partial charge in [-0.15, -0.1) is 0 Å². The maximum atomic E-state index is 6.05. The van der Waals surface area contributed by atoms with Crippen molar-refractivity contribution in [1.29, 1.82) is 0 Å². The molecule has 4 rings (SSSR count). The Morgan fingerprint density at radius 3 is 2.50 bits per heavy atom. The summed E-state index contributed by atoms with van der Waals surface area (Å²) in [6.07, 6.45) is 6.18. The van der Waals surface area contributed by atoms with Crippen molar-refractivity contribution in [2.75, 3.05) is 0 Å². The van der Waals surface area contributed by atoms with Gasteiger partial charge in [0, 0.05) is 12.1 Å². The number of rotatable bonds is 6. The van der Waals surface area contributed by atoms with Gasteiger partial charge in [0.05, 0.1) is 6.10 Å². The summed E-state index contributed by atoms with van der Waals surface area (Å²) in [7, 11) is 0. The van der Waals surface area contributed by atoms with E-state index in [0.717, 1.165) is 30.1 Å². The number of nitrogens with zero attached hydrogens (tertiary/aromatic N) is 2. The first-order valence-electron chi connectivity index (χ1n) is 9.26. The minimum Gasteiger partial charge on any atom is -0.490 e. The Hall–Kier alpha value is -2.40. The normalized spacial score (nSPS) is 14.6. The molecule has 1 N–H and O–H groups in total. The van der Waals surface area contributed by atoms with Gasteiger partial charge >= 0.3 is 0 Å². The number of H-pyrrole nitrogens is 1. The molecule has 1 aliphatic carbocycles. The summed E-state index contributed by atoms with van der Waals surface area (Å²) in [4.78, 5) is 0. The zero-order chi connectivity index (χ0) is 17.8. The van der Waals surface area contributed by atoms with Gasteiger partial charge in [0.1, 0.15) is 5.75 Å². The van der Waals surface area contributed by atoms with Crippen LogP contribution in [0.1, 0.15) is 31.2 Å². The number of aryl methyl sites for hydroxylation is 1. The Bertz CT molecular complexity index is 893. The van der Waals surface area contributed by atoms with Crippen LogP contribution in [0, 0.1) is 4.77 Å². The van der Waals surface area contributed by atoms with Crippen LogP contribution in [0.3, 0.4) is 0 Å². The topological polar surface area (TPSA) is 42.8 Å². The van der Waals surface area contributed by atoms with Gasteiger partial charge in [0.15, 0.2) is 10.6 Å². The van der Waals surface area contributed by atoms with E-state index in [-0.39, 0.29) is 0 Å². The average molecular weight is 366 g/mol. The molecular formula is C21H23N3OS. The van der Waals surface area contributed by atoms with E-state index >= 15 is 0 Å². The quantitative estimate of drug-likeness (QED) is 0.613. The molecule has 0 saturated heterocycles. The molecule has 26 heavy (non-hydrogen) atoms.